The number of benzene rings is 2. The summed E-state index contributed by atoms with van der Waals surface area (Å²) in [6.07, 6.45) is 0. The van der Waals surface area contributed by atoms with E-state index in [4.69, 9.17) is 4.74 Å². The fourth-order valence-corrected chi connectivity index (χ4v) is 2.25. The van der Waals surface area contributed by atoms with E-state index in [-0.39, 0.29) is 12.2 Å². The van der Waals surface area contributed by atoms with Gasteiger partial charge in [-0.05, 0) is 37.4 Å². The van der Waals surface area contributed by atoms with Gasteiger partial charge in [0.25, 0.3) is 0 Å². The average molecular weight is 342 g/mol. The van der Waals surface area contributed by atoms with Crippen LogP contribution < -0.4 is 10.1 Å². The first-order chi connectivity index (χ1) is 9.61. The Labute approximate surface area is 124 Å². The van der Waals surface area contributed by atoms with E-state index >= 15 is 0 Å². The first kappa shape index (κ1) is 14.9. The molecule has 0 spiro atoms. The van der Waals surface area contributed by atoms with Gasteiger partial charge < -0.3 is 10.1 Å². The van der Waals surface area contributed by atoms with Crippen LogP contribution in [0.15, 0.2) is 40.9 Å². The van der Waals surface area contributed by atoms with Crippen LogP contribution in [-0.2, 0) is 13.2 Å². The lowest BCUT2D eigenvalue weighted by Crippen LogP contribution is -2.08. The maximum atomic E-state index is 13.5. The van der Waals surface area contributed by atoms with Crippen LogP contribution in [0.1, 0.15) is 11.1 Å². The van der Waals surface area contributed by atoms with Crippen LogP contribution in [-0.4, -0.2) is 7.05 Å². The molecule has 0 unspecified atom stereocenters. The molecule has 0 aliphatic carbocycles. The van der Waals surface area contributed by atoms with E-state index in [1.165, 1.54) is 18.2 Å². The Morgan fingerprint density at radius 2 is 1.85 bits per heavy atom. The predicted molar refractivity (Wildman–Crippen MR) is 77.6 cm³/mol. The molecule has 106 valence electrons. The van der Waals surface area contributed by atoms with Gasteiger partial charge in [-0.25, -0.2) is 8.78 Å². The largest absolute Gasteiger partial charge is 0.488 e. The Bertz CT molecular complexity index is 584. The first-order valence-electron chi connectivity index (χ1n) is 6.10. The molecular weight excluding hydrogens is 328 g/mol. The van der Waals surface area contributed by atoms with Gasteiger partial charge in [-0.3, -0.25) is 0 Å². The molecule has 2 nitrogen and oxygen atoms in total. The fraction of sp³-hybridized carbons (Fsp3) is 0.200. The maximum absolute atomic E-state index is 13.5. The first-order valence-corrected chi connectivity index (χ1v) is 6.90. The molecule has 0 aliphatic heterocycles. The minimum absolute atomic E-state index is 0.0640. The van der Waals surface area contributed by atoms with Crippen LogP contribution in [0.25, 0.3) is 0 Å². The lowest BCUT2D eigenvalue weighted by molar-refractivity contribution is 0.289. The lowest BCUT2D eigenvalue weighted by atomic mass is 10.2. The number of halogens is 3. The van der Waals surface area contributed by atoms with E-state index in [0.717, 1.165) is 10.0 Å². The minimum Gasteiger partial charge on any atom is -0.488 e. The summed E-state index contributed by atoms with van der Waals surface area (Å²) in [6, 6.07) is 9.28. The molecule has 20 heavy (non-hydrogen) atoms. The number of hydrogen-bond acceptors (Lipinski definition) is 2. The van der Waals surface area contributed by atoms with Crippen molar-refractivity contribution in [2.45, 2.75) is 13.2 Å². The van der Waals surface area contributed by atoms with Crippen molar-refractivity contribution in [2.24, 2.45) is 0 Å². The molecule has 0 bridgehead atoms. The summed E-state index contributed by atoms with van der Waals surface area (Å²) in [6.45, 7) is 0.464. The number of hydrogen-bond donors (Lipinski definition) is 1. The van der Waals surface area contributed by atoms with Gasteiger partial charge in [-0.1, -0.05) is 22.0 Å². The standard InChI is InChI=1S/C15H14BrF2NO/c1-19-8-10-7-11(16)5-6-15(10)20-9-12-13(17)3-2-4-14(12)18/h2-7,19H,8-9H2,1H3. The Morgan fingerprint density at radius 1 is 1.15 bits per heavy atom. The molecule has 0 radical (unpaired) electrons. The molecule has 0 fully saturated rings. The third-order valence-corrected chi connectivity index (χ3v) is 3.32. The number of rotatable bonds is 5. The molecule has 2 rings (SSSR count). The summed E-state index contributed by atoms with van der Waals surface area (Å²) in [4.78, 5) is 0. The van der Waals surface area contributed by atoms with E-state index in [0.29, 0.717) is 12.3 Å². The Hall–Kier alpha value is -1.46. The van der Waals surface area contributed by atoms with Gasteiger partial charge in [0.2, 0.25) is 0 Å². The van der Waals surface area contributed by atoms with E-state index in [9.17, 15) is 8.78 Å². The molecule has 1 N–H and O–H groups in total. The third-order valence-electron chi connectivity index (χ3n) is 2.82. The summed E-state index contributed by atoms with van der Waals surface area (Å²) in [5.41, 5.74) is 0.851. The molecule has 0 atom stereocenters. The van der Waals surface area contributed by atoms with Crippen molar-refractivity contribution < 1.29 is 13.5 Å². The van der Waals surface area contributed by atoms with Crippen molar-refractivity contribution in [3.8, 4) is 5.75 Å². The molecule has 0 saturated heterocycles. The quantitative estimate of drug-likeness (QED) is 0.886. The van der Waals surface area contributed by atoms with Gasteiger partial charge in [-0.2, -0.15) is 0 Å². The summed E-state index contributed by atoms with van der Waals surface area (Å²) in [7, 11) is 1.82. The van der Waals surface area contributed by atoms with Crippen molar-refractivity contribution in [1.29, 1.82) is 0 Å². The third kappa shape index (κ3) is 3.55. The fourth-order valence-electron chi connectivity index (χ4n) is 1.84. The lowest BCUT2D eigenvalue weighted by Gasteiger charge is -2.12. The molecular formula is C15H14BrF2NO. The smallest absolute Gasteiger partial charge is 0.132 e. The van der Waals surface area contributed by atoms with Crippen LogP contribution >= 0.6 is 15.9 Å². The van der Waals surface area contributed by atoms with Gasteiger partial charge in [-0.15, -0.1) is 0 Å². The monoisotopic (exact) mass is 341 g/mol. The van der Waals surface area contributed by atoms with Gasteiger partial charge in [0.15, 0.2) is 0 Å². The zero-order valence-corrected chi connectivity index (χ0v) is 12.5. The second-order valence-electron chi connectivity index (χ2n) is 4.27. The highest BCUT2D eigenvalue weighted by Gasteiger charge is 2.10. The van der Waals surface area contributed by atoms with E-state index < -0.39 is 11.6 Å². The molecule has 0 amide bonds. The normalized spacial score (nSPS) is 10.6. The van der Waals surface area contributed by atoms with E-state index in [1.54, 1.807) is 6.07 Å². The molecule has 5 heteroatoms. The highest BCUT2D eigenvalue weighted by atomic mass is 79.9. The molecule has 2 aromatic rings. The average Bonchev–Trinajstić information content (AvgIpc) is 2.40. The van der Waals surface area contributed by atoms with Crippen LogP contribution in [0.2, 0.25) is 0 Å². The highest BCUT2D eigenvalue weighted by molar-refractivity contribution is 9.10. The summed E-state index contributed by atoms with van der Waals surface area (Å²) in [5, 5.41) is 3.02. The second kappa shape index (κ2) is 6.81. The van der Waals surface area contributed by atoms with Crippen molar-refractivity contribution in [3.63, 3.8) is 0 Å². The molecule has 2 aromatic carbocycles. The summed E-state index contributed by atoms with van der Waals surface area (Å²) < 4.78 is 33.5. The van der Waals surface area contributed by atoms with Crippen molar-refractivity contribution >= 4 is 15.9 Å². The molecule has 0 heterocycles. The van der Waals surface area contributed by atoms with Crippen LogP contribution in [0, 0.1) is 11.6 Å². The molecule has 0 aromatic heterocycles. The topological polar surface area (TPSA) is 21.3 Å². The predicted octanol–water partition coefficient (Wildman–Crippen LogP) is 4.03. The Kier molecular flexibility index (Phi) is 5.09. The SMILES string of the molecule is CNCc1cc(Br)ccc1OCc1c(F)cccc1F. The van der Waals surface area contributed by atoms with Gasteiger partial charge in [0, 0.05) is 16.6 Å². The summed E-state index contributed by atoms with van der Waals surface area (Å²) in [5.74, 6) is -0.597. The Balaban J connectivity index is 2.18. The van der Waals surface area contributed by atoms with Crippen LogP contribution in [0.4, 0.5) is 8.78 Å². The zero-order valence-electron chi connectivity index (χ0n) is 10.9. The molecule has 0 saturated carbocycles. The number of ether oxygens (including phenoxy) is 1. The second-order valence-corrected chi connectivity index (χ2v) is 5.19. The van der Waals surface area contributed by atoms with Crippen LogP contribution in [0.5, 0.6) is 5.75 Å². The maximum Gasteiger partial charge on any atom is 0.132 e. The minimum atomic E-state index is -0.600. The van der Waals surface area contributed by atoms with Gasteiger partial charge >= 0.3 is 0 Å². The van der Waals surface area contributed by atoms with Gasteiger partial charge in [0.05, 0.1) is 5.56 Å². The zero-order chi connectivity index (χ0) is 14.5. The van der Waals surface area contributed by atoms with Crippen molar-refractivity contribution in [1.82, 2.24) is 5.32 Å². The summed E-state index contributed by atoms with van der Waals surface area (Å²) >= 11 is 3.38. The van der Waals surface area contributed by atoms with Gasteiger partial charge in [0.1, 0.15) is 24.0 Å². The van der Waals surface area contributed by atoms with E-state index in [2.05, 4.69) is 21.2 Å². The highest BCUT2D eigenvalue weighted by Crippen LogP contribution is 2.25. The van der Waals surface area contributed by atoms with Crippen LogP contribution in [0.3, 0.4) is 0 Å². The van der Waals surface area contributed by atoms with E-state index in [1.807, 2.05) is 19.2 Å². The van der Waals surface area contributed by atoms with Crippen molar-refractivity contribution in [3.05, 3.63) is 63.6 Å². The Morgan fingerprint density at radius 3 is 2.50 bits per heavy atom. The van der Waals surface area contributed by atoms with Crippen molar-refractivity contribution in [2.75, 3.05) is 7.05 Å². The number of nitrogens with one attached hydrogen (secondary N) is 1. The molecule has 0 aliphatic rings.